The minimum Gasteiger partial charge on any atom is -0.493 e. The zero-order valence-corrected chi connectivity index (χ0v) is 16.0. The number of rotatable bonds is 6. The van der Waals surface area contributed by atoms with Crippen LogP contribution < -0.4 is 15.0 Å². The number of nitrogens with zero attached hydrogens (tertiary/aromatic N) is 1. The van der Waals surface area contributed by atoms with Crippen molar-refractivity contribution in [2.24, 2.45) is 0 Å². The number of anilines is 2. The maximum absolute atomic E-state index is 12.2. The Morgan fingerprint density at radius 2 is 2.00 bits per heavy atom. The molecule has 0 saturated carbocycles. The Bertz CT molecular complexity index is 832. The van der Waals surface area contributed by atoms with E-state index in [9.17, 15) is 9.59 Å². The van der Waals surface area contributed by atoms with Crippen molar-refractivity contribution >= 4 is 23.2 Å². The van der Waals surface area contributed by atoms with Gasteiger partial charge in [-0.05, 0) is 61.6 Å². The van der Waals surface area contributed by atoms with Crippen LogP contribution in [0.5, 0.6) is 5.75 Å². The molecule has 0 fully saturated rings. The molecule has 0 aromatic heterocycles. The van der Waals surface area contributed by atoms with Crippen molar-refractivity contribution in [3.05, 3.63) is 53.6 Å². The first kappa shape index (κ1) is 19.0. The molecule has 0 unspecified atom stereocenters. The molecule has 0 atom stereocenters. The van der Waals surface area contributed by atoms with Gasteiger partial charge in [-0.3, -0.25) is 9.59 Å². The summed E-state index contributed by atoms with van der Waals surface area (Å²) in [6, 6.07) is 13.6. The first-order valence-corrected chi connectivity index (χ1v) is 9.44. The lowest BCUT2D eigenvalue weighted by molar-refractivity contribution is -0.117. The van der Waals surface area contributed by atoms with Gasteiger partial charge in [-0.15, -0.1) is 0 Å². The monoisotopic (exact) mass is 366 g/mol. The van der Waals surface area contributed by atoms with Crippen LogP contribution in [0.1, 0.15) is 37.3 Å². The fourth-order valence-corrected chi connectivity index (χ4v) is 3.36. The van der Waals surface area contributed by atoms with Crippen LogP contribution >= 0.6 is 0 Å². The summed E-state index contributed by atoms with van der Waals surface area (Å²) in [5.41, 5.74) is 3.94. The van der Waals surface area contributed by atoms with E-state index < -0.39 is 0 Å². The summed E-state index contributed by atoms with van der Waals surface area (Å²) in [5, 5.41) is 2.95. The second kappa shape index (κ2) is 8.71. The fourth-order valence-electron chi connectivity index (χ4n) is 3.36. The molecule has 2 aromatic rings. The highest BCUT2D eigenvalue weighted by Gasteiger charge is 2.20. The van der Waals surface area contributed by atoms with Gasteiger partial charge in [0.15, 0.2) is 0 Å². The van der Waals surface area contributed by atoms with Crippen LogP contribution in [-0.4, -0.2) is 25.0 Å². The SMILES string of the molecule is CC(=O)N1CCCc2cc(NC(=O)CCCOc3ccccc3C)ccc21. The molecule has 142 valence electrons. The molecular formula is C22H26N2O3. The zero-order chi connectivity index (χ0) is 19.2. The van der Waals surface area contributed by atoms with Crippen LogP contribution in [0.3, 0.4) is 0 Å². The molecule has 3 rings (SSSR count). The Morgan fingerprint density at radius 1 is 1.19 bits per heavy atom. The van der Waals surface area contributed by atoms with Crippen molar-refractivity contribution in [3.63, 3.8) is 0 Å². The molecule has 0 aliphatic carbocycles. The number of nitrogens with one attached hydrogen (secondary N) is 1. The summed E-state index contributed by atoms with van der Waals surface area (Å²) in [6.45, 7) is 4.86. The summed E-state index contributed by atoms with van der Waals surface area (Å²) in [6.07, 6.45) is 2.93. The number of ether oxygens (including phenoxy) is 1. The molecule has 1 aliphatic heterocycles. The standard InChI is InChI=1S/C22H26N2O3/c1-16-7-3-4-9-21(16)27-14-6-10-22(26)23-19-11-12-20-18(15-19)8-5-13-24(20)17(2)25/h3-4,7,9,11-12,15H,5-6,8,10,13-14H2,1-2H3,(H,23,26). The molecule has 5 nitrogen and oxygen atoms in total. The number of aryl methyl sites for hydroxylation is 2. The van der Waals surface area contributed by atoms with E-state index in [1.807, 2.05) is 49.4 Å². The number of hydrogen-bond donors (Lipinski definition) is 1. The molecular weight excluding hydrogens is 340 g/mol. The van der Waals surface area contributed by atoms with Gasteiger partial charge in [0.25, 0.3) is 0 Å². The number of benzene rings is 2. The number of carbonyl (C=O) groups is 2. The number of para-hydroxylation sites is 1. The van der Waals surface area contributed by atoms with E-state index in [1.54, 1.807) is 11.8 Å². The predicted molar refractivity (Wildman–Crippen MR) is 107 cm³/mol. The van der Waals surface area contributed by atoms with Crippen molar-refractivity contribution < 1.29 is 14.3 Å². The summed E-state index contributed by atoms with van der Waals surface area (Å²) in [5.74, 6) is 0.895. The molecule has 27 heavy (non-hydrogen) atoms. The number of fused-ring (bicyclic) bond motifs is 1. The van der Waals surface area contributed by atoms with Crippen molar-refractivity contribution in [2.75, 3.05) is 23.4 Å². The Morgan fingerprint density at radius 3 is 2.78 bits per heavy atom. The fraction of sp³-hybridized carbons (Fsp3) is 0.364. The number of hydrogen-bond acceptors (Lipinski definition) is 3. The van der Waals surface area contributed by atoms with Gasteiger partial charge in [0.1, 0.15) is 5.75 Å². The summed E-state index contributed by atoms with van der Waals surface area (Å²) in [7, 11) is 0. The first-order valence-electron chi connectivity index (χ1n) is 9.44. The lowest BCUT2D eigenvalue weighted by Gasteiger charge is -2.29. The van der Waals surface area contributed by atoms with Gasteiger partial charge in [-0.2, -0.15) is 0 Å². The van der Waals surface area contributed by atoms with Crippen molar-refractivity contribution in [1.82, 2.24) is 0 Å². The third kappa shape index (κ3) is 4.88. The van der Waals surface area contributed by atoms with E-state index in [1.165, 1.54) is 0 Å². The Hall–Kier alpha value is -2.82. The third-order valence-electron chi connectivity index (χ3n) is 4.76. The van der Waals surface area contributed by atoms with E-state index in [0.29, 0.717) is 19.4 Å². The van der Waals surface area contributed by atoms with E-state index in [-0.39, 0.29) is 11.8 Å². The molecule has 5 heteroatoms. The van der Waals surface area contributed by atoms with Crippen molar-refractivity contribution in [2.45, 2.75) is 39.5 Å². The Balaban J connectivity index is 1.50. The minimum absolute atomic E-state index is 0.0254. The number of amides is 2. The largest absolute Gasteiger partial charge is 0.493 e. The van der Waals surface area contributed by atoms with Crippen LogP contribution in [0, 0.1) is 6.92 Å². The molecule has 1 heterocycles. The molecule has 0 bridgehead atoms. The van der Waals surface area contributed by atoms with Crippen LogP contribution in [0.2, 0.25) is 0 Å². The summed E-state index contributed by atoms with van der Waals surface area (Å²) < 4.78 is 5.73. The third-order valence-corrected chi connectivity index (χ3v) is 4.76. The predicted octanol–water partition coefficient (Wildman–Crippen LogP) is 4.09. The highest BCUT2D eigenvalue weighted by Crippen LogP contribution is 2.29. The van der Waals surface area contributed by atoms with Crippen molar-refractivity contribution in [3.8, 4) is 5.75 Å². The van der Waals surface area contributed by atoms with Crippen LogP contribution in [0.4, 0.5) is 11.4 Å². The number of carbonyl (C=O) groups excluding carboxylic acids is 2. The van der Waals surface area contributed by atoms with Gasteiger partial charge >= 0.3 is 0 Å². The lowest BCUT2D eigenvalue weighted by Crippen LogP contribution is -2.33. The van der Waals surface area contributed by atoms with Gasteiger partial charge in [-0.25, -0.2) is 0 Å². The second-order valence-electron chi connectivity index (χ2n) is 6.88. The average molecular weight is 366 g/mol. The zero-order valence-electron chi connectivity index (χ0n) is 16.0. The smallest absolute Gasteiger partial charge is 0.224 e. The van der Waals surface area contributed by atoms with Gasteiger partial charge in [0.2, 0.25) is 11.8 Å². The maximum Gasteiger partial charge on any atom is 0.224 e. The topological polar surface area (TPSA) is 58.6 Å². The van der Waals surface area contributed by atoms with Crippen LogP contribution in [0.25, 0.3) is 0 Å². The van der Waals surface area contributed by atoms with E-state index in [2.05, 4.69) is 5.32 Å². The first-order chi connectivity index (χ1) is 13.0. The van der Waals surface area contributed by atoms with Crippen LogP contribution in [-0.2, 0) is 16.0 Å². The van der Waals surface area contributed by atoms with E-state index >= 15 is 0 Å². The quantitative estimate of drug-likeness (QED) is 0.783. The van der Waals surface area contributed by atoms with E-state index in [4.69, 9.17) is 4.74 Å². The van der Waals surface area contributed by atoms with Gasteiger partial charge in [-0.1, -0.05) is 18.2 Å². The molecule has 2 amide bonds. The highest BCUT2D eigenvalue weighted by molar-refractivity contribution is 5.94. The molecule has 0 saturated heterocycles. The van der Waals surface area contributed by atoms with E-state index in [0.717, 1.165) is 47.6 Å². The van der Waals surface area contributed by atoms with Crippen LogP contribution in [0.15, 0.2) is 42.5 Å². The van der Waals surface area contributed by atoms with Gasteiger partial charge < -0.3 is 15.0 Å². The summed E-state index contributed by atoms with van der Waals surface area (Å²) >= 11 is 0. The Kier molecular flexibility index (Phi) is 6.12. The molecule has 0 spiro atoms. The normalized spacial score (nSPS) is 13.0. The van der Waals surface area contributed by atoms with Gasteiger partial charge in [0.05, 0.1) is 6.61 Å². The van der Waals surface area contributed by atoms with Gasteiger partial charge in [0, 0.05) is 31.3 Å². The second-order valence-corrected chi connectivity index (χ2v) is 6.88. The Labute approximate surface area is 160 Å². The molecule has 1 N–H and O–H groups in total. The lowest BCUT2D eigenvalue weighted by atomic mass is 10.0. The summed E-state index contributed by atoms with van der Waals surface area (Å²) in [4.78, 5) is 25.7. The maximum atomic E-state index is 12.2. The molecule has 0 radical (unpaired) electrons. The minimum atomic E-state index is -0.0254. The molecule has 1 aliphatic rings. The average Bonchev–Trinajstić information content (AvgIpc) is 2.65. The molecule has 2 aromatic carbocycles. The highest BCUT2D eigenvalue weighted by atomic mass is 16.5. The van der Waals surface area contributed by atoms with Crippen molar-refractivity contribution in [1.29, 1.82) is 0 Å².